The summed E-state index contributed by atoms with van der Waals surface area (Å²) in [5, 5.41) is 0. The Bertz CT molecular complexity index is 467. The zero-order valence-corrected chi connectivity index (χ0v) is 12.6. The van der Waals surface area contributed by atoms with Crippen molar-refractivity contribution < 1.29 is 9.53 Å². The summed E-state index contributed by atoms with van der Waals surface area (Å²) in [5.41, 5.74) is 0. The summed E-state index contributed by atoms with van der Waals surface area (Å²) in [4.78, 5) is 13.6. The van der Waals surface area contributed by atoms with Gasteiger partial charge >= 0.3 is 5.97 Å². The highest BCUT2D eigenvalue weighted by Crippen LogP contribution is 2.38. The van der Waals surface area contributed by atoms with Gasteiger partial charge in [-0.25, -0.2) is 4.79 Å². The van der Waals surface area contributed by atoms with E-state index < -0.39 is 0 Å². The third-order valence-electron chi connectivity index (χ3n) is 2.54. The highest BCUT2D eigenvalue weighted by Gasteiger charge is 2.23. The second-order valence-electron chi connectivity index (χ2n) is 4.12. The van der Waals surface area contributed by atoms with Gasteiger partial charge in [-0.2, -0.15) is 0 Å². The van der Waals surface area contributed by atoms with Crippen molar-refractivity contribution in [3.05, 3.63) is 39.7 Å². The minimum Gasteiger partial charge on any atom is -0.462 e. The number of allylic oxidation sites excluding steroid dienone is 1. The molecule has 0 radical (unpaired) electrons. The number of hydrogen-bond donors (Lipinski definition) is 0. The van der Waals surface area contributed by atoms with Crippen LogP contribution >= 0.6 is 27.7 Å². The van der Waals surface area contributed by atoms with Gasteiger partial charge in [0.2, 0.25) is 0 Å². The van der Waals surface area contributed by atoms with E-state index in [2.05, 4.69) is 15.9 Å². The molecule has 1 saturated carbocycles. The zero-order chi connectivity index (χ0) is 13.0. The Hall–Kier alpha value is -0.740. The summed E-state index contributed by atoms with van der Waals surface area (Å²) in [6, 6.07) is 7.90. The van der Waals surface area contributed by atoms with Crippen LogP contribution in [-0.4, -0.2) is 12.6 Å². The summed E-state index contributed by atoms with van der Waals surface area (Å²) in [7, 11) is 0. The molecule has 1 fully saturated rings. The molecule has 1 aromatic carbocycles. The molecule has 1 aliphatic carbocycles. The molecule has 0 heterocycles. The first-order chi connectivity index (χ1) is 8.70. The predicted octanol–water partition coefficient (Wildman–Crippen LogP) is 4.40. The number of thioether (sulfide) groups is 1. The first kappa shape index (κ1) is 13.7. The molecule has 0 aliphatic heterocycles. The van der Waals surface area contributed by atoms with Crippen molar-refractivity contribution in [1.29, 1.82) is 0 Å². The lowest BCUT2D eigenvalue weighted by molar-refractivity contribution is -0.137. The van der Waals surface area contributed by atoms with Gasteiger partial charge < -0.3 is 4.74 Å². The second-order valence-corrected chi connectivity index (χ2v) is 6.06. The minimum absolute atomic E-state index is 0.217. The van der Waals surface area contributed by atoms with Crippen LogP contribution in [0.15, 0.2) is 44.6 Å². The van der Waals surface area contributed by atoms with Gasteiger partial charge in [0.1, 0.15) is 0 Å². The number of rotatable bonds is 5. The lowest BCUT2D eigenvalue weighted by Gasteiger charge is -2.08. The van der Waals surface area contributed by atoms with Crippen LogP contribution in [0.4, 0.5) is 0 Å². The number of benzene rings is 1. The van der Waals surface area contributed by atoms with Gasteiger partial charge in [0.15, 0.2) is 0 Å². The molecule has 0 aromatic heterocycles. The normalized spacial score (nSPS) is 15.6. The molecule has 0 N–H and O–H groups in total. The molecule has 1 aromatic rings. The molecular weight excluding hydrogens is 312 g/mol. The van der Waals surface area contributed by atoms with Crippen molar-refractivity contribution >= 4 is 33.7 Å². The van der Waals surface area contributed by atoms with Crippen LogP contribution in [0.3, 0.4) is 0 Å². The topological polar surface area (TPSA) is 26.3 Å². The van der Waals surface area contributed by atoms with Gasteiger partial charge in [-0.1, -0.05) is 30.0 Å². The van der Waals surface area contributed by atoms with Crippen molar-refractivity contribution in [2.45, 2.75) is 24.7 Å². The molecular formula is C14H15BrO2S. The molecule has 0 saturated heterocycles. The van der Waals surface area contributed by atoms with E-state index in [0.29, 0.717) is 17.4 Å². The van der Waals surface area contributed by atoms with Gasteiger partial charge in [0.25, 0.3) is 0 Å². The van der Waals surface area contributed by atoms with Crippen LogP contribution in [0.2, 0.25) is 0 Å². The smallest absolute Gasteiger partial charge is 0.344 e. The second kappa shape index (κ2) is 6.43. The number of esters is 1. The lowest BCUT2D eigenvalue weighted by atomic mass is 10.3. The Balaban J connectivity index is 2.15. The number of hydrogen-bond acceptors (Lipinski definition) is 3. The van der Waals surface area contributed by atoms with Gasteiger partial charge in [0, 0.05) is 9.37 Å². The van der Waals surface area contributed by atoms with Gasteiger partial charge in [-0.05, 0) is 53.7 Å². The summed E-state index contributed by atoms with van der Waals surface area (Å²) in [6.45, 7) is 2.24. The minimum atomic E-state index is -0.217. The Morgan fingerprint density at radius 3 is 2.83 bits per heavy atom. The first-order valence-electron chi connectivity index (χ1n) is 6.02. The summed E-state index contributed by atoms with van der Waals surface area (Å²) >= 11 is 4.97. The maximum absolute atomic E-state index is 11.9. The standard InChI is InChI=1S/C14H15BrO2S/c1-2-17-14(16)13(9-10-7-8-10)18-12-6-4-3-5-11(12)15/h3-6,9-10H,2,7-8H2,1H3/b13-9-. The Morgan fingerprint density at radius 2 is 2.22 bits per heavy atom. The zero-order valence-electron chi connectivity index (χ0n) is 10.2. The Morgan fingerprint density at radius 1 is 1.50 bits per heavy atom. The molecule has 0 unspecified atom stereocenters. The van der Waals surface area contributed by atoms with E-state index in [1.165, 1.54) is 24.6 Å². The average Bonchev–Trinajstić information content (AvgIpc) is 3.15. The highest BCUT2D eigenvalue weighted by molar-refractivity contribution is 9.10. The highest BCUT2D eigenvalue weighted by atomic mass is 79.9. The maximum atomic E-state index is 11.9. The Labute approximate surface area is 120 Å². The average molecular weight is 327 g/mol. The van der Waals surface area contributed by atoms with Crippen LogP contribution in [0.5, 0.6) is 0 Å². The number of ether oxygens (including phenoxy) is 1. The number of carbonyl (C=O) groups excluding carboxylic acids is 1. The number of carbonyl (C=O) groups is 1. The fraction of sp³-hybridized carbons (Fsp3) is 0.357. The van der Waals surface area contributed by atoms with Crippen molar-refractivity contribution in [1.82, 2.24) is 0 Å². The van der Waals surface area contributed by atoms with Crippen LogP contribution in [-0.2, 0) is 9.53 Å². The molecule has 2 rings (SSSR count). The van der Waals surface area contributed by atoms with Crippen LogP contribution in [0, 0.1) is 5.92 Å². The lowest BCUT2D eigenvalue weighted by Crippen LogP contribution is -2.05. The molecule has 0 bridgehead atoms. The van der Waals surface area contributed by atoms with Crippen LogP contribution in [0.1, 0.15) is 19.8 Å². The first-order valence-corrected chi connectivity index (χ1v) is 7.63. The van der Waals surface area contributed by atoms with Crippen molar-refractivity contribution in [2.75, 3.05) is 6.61 Å². The molecule has 4 heteroatoms. The largest absolute Gasteiger partial charge is 0.462 e. The third-order valence-corrected chi connectivity index (χ3v) is 4.59. The molecule has 0 amide bonds. The SMILES string of the molecule is CCOC(=O)/C(=C/C1CC1)Sc1ccccc1Br. The summed E-state index contributed by atoms with van der Waals surface area (Å²) in [6.07, 6.45) is 4.40. The fourth-order valence-electron chi connectivity index (χ4n) is 1.47. The maximum Gasteiger partial charge on any atom is 0.344 e. The number of halogens is 1. The van der Waals surface area contributed by atoms with E-state index in [1.807, 2.05) is 37.3 Å². The molecule has 96 valence electrons. The van der Waals surface area contributed by atoms with E-state index in [4.69, 9.17) is 4.74 Å². The van der Waals surface area contributed by atoms with Crippen molar-refractivity contribution in [2.24, 2.45) is 5.92 Å². The van der Waals surface area contributed by atoms with Crippen LogP contribution < -0.4 is 0 Å². The quantitative estimate of drug-likeness (QED) is 0.455. The van der Waals surface area contributed by atoms with E-state index in [-0.39, 0.29) is 5.97 Å². The monoisotopic (exact) mass is 326 g/mol. The van der Waals surface area contributed by atoms with Gasteiger partial charge in [-0.3, -0.25) is 0 Å². The molecule has 0 spiro atoms. The summed E-state index contributed by atoms with van der Waals surface area (Å²) in [5.74, 6) is 0.338. The fourth-order valence-corrected chi connectivity index (χ4v) is 2.95. The molecule has 1 aliphatic rings. The molecule has 0 atom stereocenters. The van der Waals surface area contributed by atoms with Crippen molar-refractivity contribution in [3.8, 4) is 0 Å². The van der Waals surface area contributed by atoms with E-state index >= 15 is 0 Å². The third kappa shape index (κ3) is 3.89. The van der Waals surface area contributed by atoms with E-state index in [1.54, 1.807) is 0 Å². The van der Waals surface area contributed by atoms with Gasteiger partial charge in [0.05, 0.1) is 11.5 Å². The molecule has 2 nitrogen and oxygen atoms in total. The Kier molecular flexibility index (Phi) is 4.89. The summed E-state index contributed by atoms with van der Waals surface area (Å²) < 4.78 is 6.10. The van der Waals surface area contributed by atoms with E-state index in [9.17, 15) is 4.79 Å². The molecule has 18 heavy (non-hydrogen) atoms. The van der Waals surface area contributed by atoms with Crippen LogP contribution in [0.25, 0.3) is 0 Å². The predicted molar refractivity (Wildman–Crippen MR) is 77.4 cm³/mol. The van der Waals surface area contributed by atoms with Crippen molar-refractivity contribution in [3.63, 3.8) is 0 Å². The van der Waals surface area contributed by atoms with Gasteiger partial charge in [-0.15, -0.1) is 0 Å². The van der Waals surface area contributed by atoms with E-state index in [0.717, 1.165) is 9.37 Å².